The molecule has 0 fully saturated rings. The molecule has 0 unspecified atom stereocenters. The van der Waals surface area contributed by atoms with E-state index in [2.05, 4.69) is 281 Å². The number of rotatable bonds is 3. The fourth-order valence-corrected chi connectivity index (χ4v) is 13.0. The van der Waals surface area contributed by atoms with Crippen molar-refractivity contribution in [2.75, 3.05) is 0 Å². The van der Waals surface area contributed by atoms with Gasteiger partial charge in [0, 0.05) is 92.9 Å². The molecule has 0 spiro atoms. The lowest BCUT2D eigenvalue weighted by atomic mass is 10.0. The van der Waals surface area contributed by atoms with E-state index in [1.165, 1.54) is 143 Å². The molecule has 6 heteroatoms. The van der Waals surface area contributed by atoms with E-state index in [1.807, 2.05) is 13.0 Å². The summed E-state index contributed by atoms with van der Waals surface area (Å²) in [4.78, 5) is 0. The highest BCUT2D eigenvalue weighted by molar-refractivity contribution is 6.15. The highest BCUT2D eigenvalue weighted by Gasteiger charge is 2.23. The Morgan fingerprint density at radius 1 is 0.294 bits per heavy atom. The van der Waals surface area contributed by atoms with Crippen LogP contribution in [0.3, 0.4) is 0 Å². The first-order valence-corrected chi connectivity index (χ1v) is 28.4. The average molecular weight is 1120 g/mol. The third kappa shape index (κ3) is 10.2. The van der Waals surface area contributed by atoms with Crippen LogP contribution in [0.1, 0.15) is 65.3 Å². The lowest BCUT2D eigenvalue weighted by Gasteiger charge is -2.06. The number of hydrogen-bond donors (Lipinski definition) is 0. The predicted octanol–water partition coefficient (Wildman–Crippen LogP) is 19.0. The van der Waals surface area contributed by atoms with E-state index in [4.69, 9.17) is 4.11 Å². The van der Waals surface area contributed by atoms with Crippen molar-refractivity contribution in [1.82, 2.24) is 13.7 Å². The van der Waals surface area contributed by atoms with Crippen molar-refractivity contribution in [3.63, 3.8) is 0 Å². The van der Waals surface area contributed by atoms with E-state index < -0.39 is 6.85 Å². The standard InChI is InChI=1S/2C26H25N2.C24H21N2.3CH4/c2*1-16-7-9-21(18(3)10-16)24-14-26-23(15-27(24)4)22-12-19-8-6-17(2)11-20(19)13-25(22)28(26)5;1-16-8-4-7-11-19(16)22-14-24-21(15-25(22)2)20-12-17-9-5-6-10-18(17)13-23(20)26(24)3;;;/h2*6-15H,1-5H3;4-15H,1-3H3;3*1H4/q3*+1;;;/i1D3;;;;;. The molecule has 0 aliphatic rings. The van der Waals surface area contributed by atoms with Crippen LogP contribution in [0.5, 0.6) is 0 Å². The molecule has 15 rings (SSSR count). The summed E-state index contributed by atoms with van der Waals surface area (Å²) < 4.78 is 36.6. The zero-order valence-corrected chi connectivity index (χ0v) is 49.2. The summed E-state index contributed by atoms with van der Waals surface area (Å²) >= 11 is 0. The molecule has 0 aliphatic carbocycles. The second kappa shape index (κ2) is 22.6. The molecule has 0 bridgehead atoms. The Bertz CT molecular complexity index is 5260. The van der Waals surface area contributed by atoms with Crippen LogP contribution < -0.4 is 13.7 Å². The van der Waals surface area contributed by atoms with Crippen LogP contribution in [-0.4, -0.2) is 13.7 Å². The molecule has 85 heavy (non-hydrogen) atoms. The fourth-order valence-electron chi connectivity index (χ4n) is 13.0. The second-order valence-electron chi connectivity index (χ2n) is 23.2. The Morgan fingerprint density at radius 2 is 0.612 bits per heavy atom. The Labute approximate surface area is 506 Å². The number of pyridine rings is 3. The fraction of sp³-hybridized carbons (Fsp3) is 0.203. The van der Waals surface area contributed by atoms with E-state index in [1.54, 1.807) is 12.1 Å². The van der Waals surface area contributed by atoms with Crippen molar-refractivity contribution in [2.24, 2.45) is 42.3 Å². The minimum Gasteiger partial charge on any atom is -0.343 e. The van der Waals surface area contributed by atoms with Crippen molar-refractivity contribution in [2.45, 2.75) is 70.7 Å². The molecule has 0 aliphatic heterocycles. The van der Waals surface area contributed by atoms with Gasteiger partial charge in [0.1, 0.15) is 21.1 Å². The molecular weight excluding hydrogens is 1030 g/mol. The van der Waals surface area contributed by atoms with Crippen LogP contribution in [0.25, 0.3) is 132 Å². The van der Waals surface area contributed by atoms with E-state index in [9.17, 15) is 0 Å². The second-order valence-corrected chi connectivity index (χ2v) is 23.2. The normalized spacial score (nSPS) is 12.0. The summed E-state index contributed by atoms with van der Waals surface area (Å²) in [6, 6.07) is 63.3. The molecule has 6 heterocycles. The van der Waals surface area contributed by atoms with Crippen molar-refractivity contribution in [3.8, 4) is 33.8 Å². The van der Waals surface area contributed by atoms with Gasteiger partial charge < -0.3 is 13.7 Å². The molecule has 0 N–H and O–H groups in total. The minimum absolute atomic E-state index is 0. The van der Waals surface area contributed by atoms with Gasteiger partial charge in [0.2, 0.25) is 17.1 Å². The smallest absolute Gasteiger partial charge is 0.214 e. The highest BCUT2D eigenvalue weighted by Crippen LogP contribution is 2.37. The molecule has 0 saturated heterocycles. The van der Waals surface area contributed by atoms with Gasteiger partial charge in [0.25, 0.3) is 0 Å². The zero-order chi connectivity index (χ0) is 59.5. The molecule has 6 nitrogen and oxygen atoms in total. The van der Waals surface area contributed by atoms with Gasteiger partial charge in [-0.3, -0.25) is 0 Å². The van der Waals surface area contributed by atoms with E-state index in [0.29, 0.717) is 5.56 Å². The van der Waals surface area contributed by atoms with E-state index >= 15 is 0 Å². The van der Waals surface area contributed by atoms with Crippen LogP contribution in [-0.2, 0) is 42.3 Å². The minimum atomic E-state index is -2.09. The molecule has 0 atom stereocenters. The first kappa shape index (κ1) is 54.8. The van der Waals surface area contributed by atoms with Crippen molar-refractivity contribution < 1.29 is 17.8 Å². The van der Waals surface area contributed by atoms with Gasteiger partial charge >= 0.3 is 0 Å². The van der Waals surface area contributed by atoms with Crippen LogP contribution in [0.15, 0.2) is 195 Å². The molecule has 9 aromatic carbocycles. The lowest BCUT2D eigenvalue weighted by Crippen LogP contribution is -2.30. The van der Waals surface area contributed by atoms with E-state index in [-0.39, 0.29) is 22.3 Å². The first-order chi connectivity index (χ1) is 40.7. The number of nitrogens with zero attached hydrogens (tertiary/aromatic N) is 6. The average Bonchev–Trinajstić information content (AvgIpc) is 2.08. The maximum absolute atomic E-state index is 7.68. The van der Waals surface area contributed by atoms with Crippen molar-refractivity contribution >= 4 is 97.7 Å². The maximum atomic E-state index is 7.68. The third-order valence-electron chi connectivity index (χ3n) is 17.5. The molecule has 0 amide bonds. The van der Waals surface area contributed by atoms with E-state index in [0.717, 1.165) is 22.3 Å². The number of aryl methyl sites for hydroxylation is 13. The predicted molar refractivity (Wildman–Crippen MR) is 367 cm³/mol. The summed E-state index contributed by atoms with van der Waals surface area (Å²) in [7, 11) is 12.8. The molecule has 0 saturated carbocycles. The van der Waals surface area contributed by atoms with Gasteiger partial charge in [-0.05, 0) is 152 Å². The maximum Gasteiger partial charge on any atom is 0.214 e. The highest BCUT2D eigenvalue weighted by atomic mass is 15.0. The quantitative estimate of drug-likeness (QED) is 0.158. The Hall–Kier alpha value is -9.39. The number of aromatic nitrogens is 6. The SMILES string of the molecule is C.C.C.Cc1ccc(-c2cc3c(c[n+]2C)c2cc4ccc(C)cc4cc2n3C)c(C)c1.Cc1ccccc1-c1cc2c(c[n+]1C)c1cc3ccccc3cc1n2C.[2H]C([2H])([2H])c1ccc(-c2cc3c(c[n+]2C)c2cc4ccc(C)cc4cc2n3C)c(C)c1. The summed E-state index contributed by atoms with van der Waals surface area (Å²) in [5, 5.41) is 15.4. The molecule has 15 aromatic rings. The Morgan fingerprint density at radius 3 is 1.02 bits per heavy atom. The van der Waals surface area contributed by atoms with Gasteiger partial charge in [-0.25, -0.2) is 13.7 Å². The van der Waals surface area contributed by atoms with Crippen molar-refractivity contribution in [3.05, 3.63) is 233 Å². The summed E-state index contributed by atoms with van der Waals surface area (Å²) in [6.07, 6.45) is 6.74. The summed E-state index contributed by atoms with van der Waals surface area (Å²) in [5.41, 5.74) is 22.5. The topological polar surface area (TPSA) is 26.4 Å². The van der Waals surface area contributed by atoms with Crippen LogP contribution in [0.4, 0.5) is 0 Å². The molecule has 6 aromatic heterocycles. The van der Waals surface area contributed by atoms with Gasteiger partial charge in [0.05, 0.1) is 32.7 Å². The zero-order valence-electron chi connectivity index (χ0n) is 52.2. The monoisotopic (exact) mass is 1120 g/mol. The Balaban J connectivity index is 0.000000144. The Kier molecular flexibility index (Phi) is 14.6. The van der Waals surface area contributed by atoms with Crippen molar-refractivity contribution in [1.29, 1.82) is 0 Å². The molecule has 426 valence electrons. The summed E-state index contributed by atoms with van der Waals surface area (Å²) in [6.45, 7) is 10.7. The van der Waals surface area contributed by atoms with Crippen LogP contribution in [0, 0.1) is 48.4 Å². The largest absolute Gasteiger partial charge is 0.343 e. The van der Waals surface area contributed by atoms with Gasteiger partial charge in [0.15, 0.2) is 18.6 Å². The third-order valence-corrected chi connectivity index (χ3v) is 17.5. The van der Waals surface area contributed by atoms with Gasteiger partial charge in [-0.1, -0.05) is 148 Å². The molecular formula is C79H83N6+3. The lowest BCUT2D eigenvalue weighted by molar-refractivity contribution is -0.659. The van der Waals surface area contributed by atoms with Crippen LogP contribution >= 0.6 is 0 Å². The summed E-state index contributed by atoms with van der Waals surface area (Å²) in [5.74, 6) is 0. The van der Waals surface area contributed by atoms with Crippen LogP contribution in [0.2, 0.25) is 0 Å². The number of hydrogen-bond acceptors (Lipinski definition) is 0. The first-order valence-electron chi connectivity index (χ1n) is 29.9. The van der Waals surface area contributed by atoms with Gasteiger partial charge in [-0.2, -0.15) is 0 Å². The van der Waals surface area contributed by atoms with Gasteiger partial charge in [-0.15, -0.1) is 0 Å². The number of benzene rings is 9. The number of fused-ring (bicyclic) bond motifs is 12. The molecule has 0 radical (unpaired) electrons.